The number of rotatable bonds is 7. The fraction of sp³-hybridized carbons (Fsp3) is 0.560. The van der Waals surface area contributed by atoms with Crippen LogP contribution in [0.3, 0.4) is 0 Å². The zero-order valence-corrected chi connectivity index (χ0v) is 21.1. The lowest BCUT2D eigenvalue weighted by atomic mass is 10.0. The summed E-state index contributed by atoms with van der Waals surface area (Å²) in [5.41, 5.74) is 7.34. The Bertz CT molecular complexity index is 1190. The molecule has 2 aromatic heterocycles. The van der Waals surface area contributed by atoms with Crippen LogP contribution in [-0.4, -0.2) is 75.3 Å². The third kappa shape index (κ3) is 5.23. The molecule has 0 spiro atoms. The van der Waals surface area contributed by atoms with Crippen molar-refractivity contribution in [1.82, 2.24) is 24.5 Å². The molecule has 1 aromatic carbocycles. The number of nitrogens with zero attached hydrogens (tertiary/aromatic N) is 5. The van der Waals surface area contributed by atoms with E-state index < -0.39 is 0 Å². The summed E-state index contributed by atoms with van der Waals surface area (Å²) >= 11 is 6.64. The standard InChI is InChI=1S/C25H33ClN6O3/c1-16-11-31(17(2)10-30(16)14-22(27)33)15-23-28-25(29-35-23)20-13-32(12-18-6-8-34-9-7-18)24-19(20)4-3-5-21(24)26/h3-5,13,16-18H,6-12,14-15H2,1-2H3,(H2,27,33)/t16-,17+/m0/s1. The Morgan fingerprint density at radius 2 is 1.91 bits per heavy atom. The first-order valence-corrected chi connectivity index (χ1v) is 12.7. The molecule has 2 aliphatic heterocycles. The molecule has 188 valence electrons. The first kappa shape index (κ1) is 24.2. The largest absolute Gasteiger partial charge is 0.381 e. The summed E-state index contributed by atoms with van der Waals surface area (Å²) in [6.45, 7) is 9.17. The van der Waals surface area contributed by atoms with Crippen molar-refractivity contribution in [2.24, 2.45) is 11.7 Å². The second-order valence-corrected chi connectivity index (χ2v) is 10.3. The van der Waals surface area contributed by atoms with Gasteiger partial charge in [-0.25, -0.2) is 0 Å². The topological polar surface area (TPSA) is 103 Å². The zero-order valence-electron chi connectivity index (χ0n) is 20.3. The number of carbonyl (C=O) groups excluding carboxylic acids is 1. The van der Waals surface area contributed by atoms with E-state index in [1.165, 1.54) is 0 Å². The molecular formula is C25H33ClN6O3. The number of para-hydroxylation sites is 1. The summed E-state index contributed by atoms with van der Waals surface area (Å²) in [5.74, 6) is 1.41. The van der Waals surface area contributed by atoms with Gasteiger partial charge in [-0.2, -0.15) is 4.98 Å². The molecule has 2 saturated heterocycles. The average molecular weight is 501 g/mol. The number of halogens is 1. The highest BCUT2D eigenvalue weighted by atomic mass is 35.5. The Morgan fingerprint density at radius 1 is 1.17 bits per heavy atom. The minimum absolute atomic E-state index is 0.214. The van der Waals surface area contributed by atoms with Crippen molar-refractivity contribution in [3.63, 3.8) is 0 Å². The predicted molar refractivity (Wildman–Crippen MR) is 134 cm³/mol. The highest BCUT2D eigenvalue weighted by molar-refractivity contribution is 6.35. The summed E-state index contributed by atoms with van der Waals surface area (Å²) in [4.78, 5) is 20.6. The average Bonchev–Trinajstić information content (AvgIpc) is 3.43. The molecule has 0 radical (unpaired) electrons. The van der Waals surface area contributed by atoms with Crippen LogP contribution in [0.15, 0.2) is 28.9 Å². The minimum Gasteiger partial charge on any atom is -0.381 e. The summed E-state index contributed by atoms with van der Waals surface area (Å²) in [5, 5.41) is 6.08. The van der Waals surface area contributed by atoms with Gasteiger partial charge >= 0.3 is 0 Å². The van der Waals surface area contributed by atoms with Crippen molar-refractivity contribution in [3.05, 3.63) is 35.3 Å². The van der Waals surface area contributed by atoms with Crippen LogP contribution >= 0.6 is 11.6 Å². The number of nitrogens with two attached hydrogens (primary N) is 1. The van der Waals surface area contributed by atoms with Crippen LogP contribution in [0.25, 0.3) is 22.3 Å². The van der Waals surface area contributed by atoms with Crippen LogP contribution in [0.5, 0.6) is 0 Å². The number of hydrogen-bond acceptors (Lipinski definition) is 7. The van der Waals surface area contributed by atoms with Gasteiger partial charge in [-0.3, -0.25) is 14.6 Å². The highest BCUT2D eigenvalue weighted by Crippen LogP contribution is 2.34. The lowest BCUT2D eigenvalue weighted by Gasteiger charge is -2.43. The Labute approximate surface area is 210 Å². The van der Waals surface area contributed by atoms with Crippen molar-refractivity contribution in [2.45, 2.75) is 51.9 Å². The summed E-state index contributed by atoms with van der Waals surface area (Å²) in [6.07, 6.45) is 4.21. The van der Waals surface area contributed by atoms with Crippen LogP contribution in [0.1, 0.15) is 32.6 Å². The molecule has 5 rings (SSSR count). The molecule has 0 saturated carbocycles. The van der Waals surface area contributed by atoms with Crippen molar-refractivity contribution >= 4 is 28.4 Å². The molecule has 1 amide bonds. The van der Waals surface area contributed by atoms with E-state index in [9.17, 15) is 4.79 Å². The number of primary amides is 1. The van der Waals surface area contributed by atoms with Gasteiger partial charge in [-0.15, -0.1) is 0 Å². The predicted octanol–water partition coefficient (Wildman–Crippen LogP) is 3.15. The van der Waals surface area contributed by atoms with Gasteiger partial charge in [0, 0.05) is 62.1 Å². The maximum absolute atomic E-state index is 11.4. The maximum atomic E-state index is 11.4. The zero-order chi connectivity index (χ0) is 24.5. The molecule has 2 fully saturated rings. The quantitative estimate of drug-likeness (QED) is 0.531. The van der Waals surface area contributed by atoms with Gasteiger partial charge in [0.1, 0.15) is 0 Å². The van der Waals surface area contributed by atoms with Gasteiger partial charge in [0.05, 0.1) is 23.6 Å². The summed E-state index contributed by atoms with van der Waals surface area (Å²) in [7, 11) is 0. The van der Waals surface area contributed by atoms with Crippen LogP contribution in [0.4, 0.5) is 0 Å². The fourth-order valence-corrected chi connectivity index (χ4v) is 5.64. The summed E-state index contributed by atoms with van der Waals surface area (Å²) in [6, 6.07) is 6.40. The first-order valence-electron chi connectivity index (χ1n) is 12.3. The molecular weight excluding hydrogens is 468 g/mol. The summed E-state index contributed by atoms with van der Waals surface area (Å²) < 4.78 is 13.5. The van der Waals surface area contributed by atoms with Gasteiger partial charge in [0.2, 0.25) is 17.6 Å². The third-order valence-electron chi connectivity index (χ3n) is 7.30. The highest BCUT2D eigenvalue weighted by Gasteiger charge is 2.31. The monoisotopic (exact) mass is 500 g/mol. The number of amides is 1. The minimum atomic E-state index is -0.296. The number of benzene rings is 1. The number of ether oxygens (including phenoxy) is 1. The van der Waals surface area contributed by atoms with Gasteiger partial charge in [0.15, 0.2) is 0 Å². The Kier molecular flexibility index (Phi) is 7.11. The van der Waals surface area contributed by atoms with Crippen molar-refractivity contribution in [2.75, 3.05) is 32.8 Å². The lowest BCUT2D eigenvalue weighted by Crippen LogP contribution is -2.57. The lowest BCUT2D eigenvalue weighted by molar-refractivity contribution is -0.120. The molecule has 10 heteroatoms. The first-order chi connectivity index (χ1) is 16.9. The van der Waals surface area contributed by atoms with E-state index in [2.05, 4.69) is 45.6 Å². The van der Waals surface area contributed by atoms with E-state index in [-0.39, 0.29) is 24.5 Å². The van der Waals surface area contributed by atoms with Gasteiger partial charge in [-0.1, -0.05) is 28.9 Å². The Balaban J connectivity index is 1.36. The number of fused-ring (bicyclic) bond motifs is 1. The van der Waals surface area contributed by atoms with E-state index in [1.54, 1.807) is 0 Å². The second kappa shape index (κ2) is 10.3. The van der Waals surface area contributed by atoms with Crippen LogP contribution < -0.4 is 5.73 Å². The third-order valence-corrected chi connectivity index (χ3v) is 7.60. The van der Waals surface area contributed by atoms with Gasteiger partial charge in [-0.05, 0) is 38.7 Å². The molecule has 0 unspecified atom stereocenters. The van der Waals surface area contributed by atoms with Crippen molar-refractivity contribution in [1.29, 1.82) is 0 Å². The Hall–Kier alpha value is -2.46. The molecule has 35 heavy (non-hydrogen) atoms. The molecule has 9 nitrogen and oxygen atoms in total. The van der Waals surface area contributed by atoms with E-state index in [0.29, 0.717) is 24.2 Å². The fourth-order valence-electron chi connectivity index (χ4n) is 5.36. The van der Waals surface area contributed by atoms with Crippen LogP contribution in [-0.2, 0) is 22.6 Å². The molecule has 2 atom stereocenters. The van der Waals surface area contributed by atoms with E-state index >= 15 is 0 Å². The molecule has 3 aromatic rings. The number of carbonyl (C=O) groups is 1. The van der Waals surface area contributed by atoms with E-state index in [4.69, 9.17) is 31.6 Å². The number of hydrogen-bond donors (Lipinski definition) is 1. The second-order valence-electron chi connectivity index (χ2n) is 9.92. The van der Waals surface area contributed by atoms with Gasteiger partial charge < -0.3 is 19.6 Å². The molecule has 0 bridgehead atoms. The Morgan fingerprint density at radius 3 is 2.69 bits per heavy atom. The van der Waals surface area contributed by atoms with Crippen molar-refractivity contribution in [3.8, 4) is 11.4 Å². The number of piperazine rings is 1. The smallest absolute Gasteiger partial charge is 0.241 e. The normalized spacial score (nSPS) is 22.7. The molecule has 2 aliphatic rings. The molecule has 2 N–H and O–H groups in total. The van der Waals surface area contributed by atoms with E-state index in [0.717, 1.165) is 67.2 Å². The molecule has 0 aliphatic carbocycles. The van der Waals surface area contributed by atoms with Gasteiger partial charge in [0.25, 0.3) is 0 Å². The maximum Gasteiger partial charge on any atom is 0.241 e. The number of aromatic nitrogens is 3. The van der Waals surface area contributed by atoms with Crippen molar-refractivity contribution < 1.29 is 14.1 Å². The molecule has 4 heterocycles. The van der Waals surface area contributed by atoms with Crippen LogP contribution in [0.2, 0.25) is 5.02 Å². The van der Waals surface area contributed by atoms with Crippen LogP contribution in [0, 0.1) is 5.92 Å². The SMILES string of the molecule is C[C@@H]1CN(CC(N)=O)[C@@H](C)CN1Cc1nc(-c2cn(CC3CCOCC3)c3c(Cl)cccc23)no1. The van der Waals surface area contributed by atoms with E-state index in [1.807, 2.05) is 12.1 Å².